The fraction of sp³-hybridized carbons (Fsp3) is 0.929. The monoisotopic (exact) mass is 254 g/mol. The topological polar surface area (TPSA) is 52.6 Å². The van der Waals surface area contributed by atoms with Gasteiger partial charge in [0.15, 0.2) is 0 Å². The van der Waals surface area contributed by atoms with Crippen LogP contribution < -0.4 is 5.32 Å². The number of carbonyl (C=O) groups excluding carboxylic acids is 1. The largest absolute Gasteiger partial charge is 0.394 e. The summed E-state index contributed by atoms with van der Waals surface area (Å²) in [5.41, 5.74) is -0.341. The molecular weight excluding hydrogens is 228 g/mol. The van der Waals surface area contributed by atoms with Crippen molar-refractivity contribution in [2.75, 3.05) is 19.7 Å². The number of aliphatic hydroxyl groups is 1. The summed E-state index contributed by atoms with van der Waals surface area (Å²) in [6.07, 6.45) is 4.97. The molecule has 2 heterocycles. The van der Waals surface area contributed by atoms with Gasteiger partial charge in [0.2, 0.25) is 5.91 Å². The third-order valence-electron chi connectivity index (χ3n) is 4.66. The van der Waals surface area contributed by atoms with E-state index in [4.69, 9.17) is 0 Å². The van der Waals surface area contributed by atoms with E-state index in [2.05, 4.69) is 19.2 Å². The van der Waals surface area contributed by atoms with Gasteiger partial charge in [0.1, 0.15) is 0 Å². The maximum absolute atomic E-state index is 12.8. The Morgan fingerprint density at radius 1 is 1.56 bits per heavy atom. The molecule has 1 amide bonds. The van der Waals surface area contributed by atoms with E-state index in [9.17, 15) is 9.90 Å². The minimum absolute atomic E-state index is 0.0219. The Morgan fingerprint density at radius 3 is 2.89 bits per heavy atom. The van der Waals surface area contributed by atoms with Crippen LogP contribution in [0.5, 0.6) is 0 Å². The summed E-state index contributed by atoms with van der Waals surface area (Å²) in [7, 11) is 0. The number of likely N-dealkylation sites (tertiary alicyclic amines) is 1. The zero-order valence-corrected chi connectivity index (χ0v) is 11.6. The van der Waals surface area contributed by atoms with Crippen LogP contribution in [-0.2, 0) is 4.79 Å². The number of aliphatic hydroxyl groups excluding tert-OH is 1. The Bertz CT molecular complexity index is 300. The summed E-state index contributed by atoms with van der Waals surface area (Å²) in [5, 5.41) is 12.9. The summed E-state index contributed by atoms with van der Waals surface area (Å²) in [4.78, 5) is 14.8. The number of amides is 1. The van der Waals surface area contributed by atoms with Gasteiger partial charge in [-0.25, -0.2) is 0 Å². The zero-order valence-electron chi connectivity index (χ0n) is 11.6. The highest BCUT2D eigenvalue weighted by molar-refractivity contribution is 5.87. The van der Waals surface area contributed by atoms with Gasteiger partial charge in [0.05, 0.1) is 18.2 Å². The van der Waals surface area contributed by atoms with Gasteiger partial charge in [0.25, 0.3) is 0 Å². The molecule has 3 atom stereocenters. The normalized spacial score (nSPS) is 36.3. The molecule has 0 aromatic carbocycles. The minimum atomic E-state index is -0.341. The van der Waals surface area contributed by atoms with E-state index < -0.39 is 0 Å². The van der Waals surface area contributed by atoms with E-state index in [1.165, 1.54) is 0 Å². The summed E-state index contributed by atoms with van der Waals surface area (Å²) in [6, 6.07) is 0.0219. The van der Waals surface area contributed by atoms with Crippen LogP contribution >= 0.6 is 0 Å². The number of carbonyl (C=O) groups is 1. The van der Waals surface area contributed by atoms with E-state index in [0.717, 1.165) is 45.2 Å². The molecule has 0 saturated carbocycles. The van der Waals surface area contributed by atoms with Gasteiger partial charge in [0, 0.05) is 6.54 Å². The molecule has 2 rings (SSSR count). The Morgan fingerprint density at radius 2 is 2.33 bits per heavy atom. The van der Waals surface area contributed by atoms with E-state index in [1.54, 1.807) is 0 Å². The Hall–Kier alpha value is -0.610. The van der Waals surface area contributed by atoms with Crippen LogP contribution in [0.3, 0.4) is 0 Å². The lowest BCUT2D eigenvalue weighted by atomic mass is 9.89. The van der Waals surface area contributed by atoms with Crippen molar-refractivity contribution in [2.24, 2.45) is 5.92 Å². The highest BCUT2D eigenvalue weighted by atomic mass is 16.3. The number of hydrogen-bond donors (Lipinski definition) is 2. The first-order valence-corrected chi connectivity index (χ1v) is 7.31. The smallest absolute Gasteiger partial charge is 0.243 e. The molecule has 2 aliphatic heterocycles. The molecule has 0 aliphatic carbocycles. The van der Waals surface area contributed by atoms with E-state index in [-0.39, 0.29) is 24.1 Å². The second-order valence-electron chi connectivity index (χ2n) is 5.88. The van der Waals surface area contributed by atoms with Gasteiger partial charge >= 0.3 is 0 Å². The van der Waals surface area contributed by atoms with Crippen LogP contribution in [0.4, 0.5) is 0 Å². The molecule has 18 heavy (non-hydrogen) atoms. The van der Waals surface area contributed by atoms with Gasteiger partial charge in [-0.1, -0.05) is 20.3 Å². The fourth-order valence-corrected chi connectivity index (χ4v) is 3.55. The maximum atomic E-state index is 12.8. The first-order chi connectivity index (χ1) is 8.64. The summed E-state index contributed by atoms with van der Waals surface area (Å²) >= 11 is 0. The Kier molecular flexibility index (Phi) is 4.28. The van der Waals surface area contributed by atoms with Gasteiger partial charge < -0.3 is 15.3 Å². The summed E-state index contributed by atoms with van der Waals surface area (Å²) in [6.45, 7) is 6.10. The molecule has 0 aromatic rings. The van der Waals surface area contributed by atoms with Crippen molar-refractivity contribution < 1.29 is 9.90 Å². The third-order valence-corrected chi connectivity index (χ3v) is 4.66. The minimum Gasteiger partial charge on any atom is -0.394 e. The average molecular weight is 254 g/mol. The molecule has 4 nitrogen and oxygen atoms in total. The lowest BCUT2D eigenvalue weighted by Crippen LogP contribution is -2.57. The molecule has 2 fully saturated rings. The van der Waals surface area contributed by atoms with Crippen LogP contribution in [-0.4, -0.2) is 47.2 Å². The molecule has 0 radical (unpaired) electrons. The Labute approximate surface area is 110 Å². The van der Waals surface area contributed by atoms with Gasteiger partial charge in [-0.3, -0.25) is 4.79 Å². The molecule has 4 heteroatoms. The highest BCUT2D eigenvalue weighted by Crippen LogP contribution is 2.32. The molecule has 3 unspecified atom stereocenters. The van der Waals surface area contributed by atoms with Crippen LogP contribution in [0.2, 0.25) is 0 Å². The second-order valence-corrected chi connectivity index (χ2v) is 5.88. The van der Waals surface area contributed by atoms with Crippen molar-refractivity contribution in [3.05, 3.63) is 0 Å². The third kappa shape index (κ3) is 2.28. The molecule has 0 aromatic heterocycles. The molecule has 104 valence electrons. The summed E-state index contributed by atoms with van der Waals surface area (Å²) < 4.78 is 0. The maximum Gasteiger partial charge on any atom is 0.243 e. The SMILES string of the molecule is CCCC1(C(=O)N2CCC(C)C2CO)CCCN1. The first kappa shape index (κ1) is 13.8. The Balaban J connectivity index is 2.13. The zero-order chi connectivity index (χ0) is 13.2. The number of nitrogens with zero attached hydrogens (tertiary/aromatic N) is 1. The van der Waals surface area contributed by atoms with E-state index in [1.807, 2.05) is 4.90 Å². The lowest BCUT2D eigenvalue weighted by molar-refractivity contribution is -0.140. The van der Waals surface area contributed by atoms with Crippen molar-refractivity contribution in [3.63, 3.8) is 0 Å². The quantitative estimate of drug-likeness (QED) is 0.791. The number of hydrogen-bond acceptors (Lipinski definition) is 3. The number of rotatable bonds is 4. The van der Waals surface area contributed by atoms with Crippen LogP contribution in [0, 0.1) is 5.92 Å². The van der Waals surface area contributed by atoms with Gasteiger partial charge in [-0.05, 0) is 38.1 Å². The standard InChI is InChI=1S/C14H26N2O2/c1-3-6-14(7-4-8-15-14)13(18)16-9-5-11(2)12(16)10-17/h11-12,15,17H,3-10H2,1-2H3. The molecule has 2 aliphatic rings. The molecule has 2 N–H and O–H groups in total. The molecule has 0 spiro atoms. The van der Waals surface area contributed by atoms with E-state index in [0.29, 0.717) is 5.92 Å². The number of nitrogens with one attached hydrogen (secondary N) is 1. The fourth-order valence-electron chi connectivity index (χ4n) is 3.55. The average Bonchev–Trinajstić information content (AvgIpc) is 2.96. The predicted molar refractivity (Wildman–Crippen MR) is 71.2 cm³/mol. The van der Waals surface area contributed by atoms with Crippen molar-refractivity contribution >= 4 is 5.91 Å². The predicted octanol–water partition coefficient (Wildman–Crippen LogP) is 1.14. The first-order valence-electron chi connectivity index (χ1n) is 7.31. The van der Waals surface area contributed by atoms with Crippen molar-refractivity contribution in [2.45, 2.75) is 57.5 Å². The second kappa shape index (κ2) is 5.57. The summed E-state index contributed by atoms with van der Waals surface area (Å²) in [5.74, 6) is 0.643. The van der Waals surface area contributed by atoms with Crippen LogP contribution in [0.1, 0.15) is 46.0 Å². The van der Waals surface area contributed by atoms with Crippen LogP contribution in [0.25, 0.3) is 0 Å². The highest BCUT2D eigenvalue weighted by Gasteiger charge is 2.46. The van der Waals surface area contributed by atoms with Crippen molar-refractivity contribution in [3.8, 4) is 0 Å². The molecule has 2 saturated heterocycles. The van der Waals surface area contributed by atoms with Crippen LogP contribution in [0.15, 0.2) is 0 Å². The van der Waals surface area contributed by atoms with Gasteiger partial charge in [-0.2, -0.15) is 0 Å². The van der Waals surface area contributed by atoms with Crippen molar-refractivity contribution in [1.29, 1.82) is 0 Å². The molecular formula is C14H26N2O2. The van der Waals surface area contributed by atoms with Gasteiger partial charge in [-0.15, -0.1) is 0 Å². The molecule has 0 bridgehead atoms. The van der Waals surface area contributed by atoms with E-state index >= 15 is 0 Å². The lowest BCUT2D eigenvalue weighted by Gasteiger charge is -2.35. The van der Waals surface area contributed by atoms with Crippen molar-refractivity contribution in [1.82, 2.24) is 10.2 Å².